The van der Waals surface area contributed by atoms with E-state index in [1.165, 1.54) is 11.1 Å². The quantitative estimate of drug-likeness (QED) is 0.574. The molecule has 2 aromatic rings. The molecule has 0 aromatic heterocycles. The third-order valence-corrected chi connectivity index (χ3v) is 5.81. The van der Waals surface area contributed by atoms with Crippen molar-refractivity contribution in [3.8, 4) is 0 Å². The van der Waals surface area contributed by atoms with Gasteiger partial charge in [-0.3, -0.25) is 0 Å². The van der Waals surface area contributed by atoms with Crippen LogP contribution in [0.1, 0.15) is 11.1 Å². The molecule has 2 rings (SSSR count). The average molecular weight is 405 g/mol. The van der Waals surface area contributed by atoms with E-state index in [-0.39, 0.29) is 0 Å². The fourth-order valence-electron chi connectivity index (χ4n) is 1.52. The molecule has 0 amide bonds. The van der Waals surface area contributed by atoms with Crippen molar-refractivity contribution in [2.24, 2.45) is 0 Å². The van der Waals surface area contributed by atoms with E-state index in [2.05, 4.69) is 84.2 Å². The molecule has 0 spiro atoms. The lowest BCUT2D eigenvalue weighted by atomic mass is 10.1. The van der Waals surface area contributed by atoms with Crippen LogP contribution in [-0.2, 0) is 6.42 Å². The molecule has 82 valence electrons. The molecule has 0 unspecified atom stereocenters. The summed E-state index contributed by atoms with van der Waals surface area (Å²) in [5.41, 5.74) is 2.60. The first-order chi connectivity index (χ1) is 7.68. The van der Waals surface area contributed by atoms with Crippen LogP contribution in [0, 0.1) is 0 Å². The summed E-state index contributed by atoms with van der Waals surface area (Å²) in [6, 6.07) is 14.6. The zero-order chi connectivity index (χ0) is 11.5. The van der Waals surface area contributed by atoms with Gasteiger partial charge in [0.15, 0.2) is 0 Å². The second-order valence-electron chi connectivity index (χ2n) is 3.50. The van der Waals surface area contributed by atoms with Gasteiger partial charge in [0.25, 0.3) is 0 Å². The summed E-state index contributed by atoms with van der Waals surface area (Å²) in [6.07, 6.45) is 0.938. The molecule has 0 aliphatic carbocycles. The molecule has 0 fully saturated rings. The van der Waals surface area contributed by atoms with E-state index in [1.54, 1.807) is 0 Å². The van der Waals surface area contributed by atoms with Crippen molar-refractivity contribution in [1.29, 1.82) is 0 Å². The van der Waals surface area contributed by atoms with Crippen LogP contribution < -0.4 is 0 Å². The molecule has 0 radical (unpaired) electrons. The summed E-state index contributed by atoms with van der Waals surface area (Å²) in [5.74, 6) is 0. The molecule has 0 atom stereocenters. The Bertz CT molecular complexity index is 492. The van der Waals surface area contributed by atoms with Crippen LogP contribution in [0.25, 0.3) is 0 Å². The van der Waals surface area contributed by atoms with Gasteiger partial charge < -0.3 is 0 Å². The Labute approximate surface area is 120 Å². The lowest BCUT2D eigenvalue weighted by Gasteiger charge is -2.08. The molecular weight excluding hydrogens is 396 g/mol. The third-order valence-electron chi connectivity index (χ3n) is 2.35. The average Bonchev–Trinajstić information content (AvgIpc) is 2.31. The normalized spacial score (nSPS) is 10.4. The molecule has 0 aliphatic rings. The highest BCUT2D eigenvalue weighted by Crippen LogP contribution is 2.34. The smallest absolute Gasteiger partial charge is 0.0462 e. The second-order valence-corrected chi connectivity index (χ2v) is 5.94. The van der Waals surface area contributed by atoms with Crippen LogP contribution in [0.15, 0.2) is 55.9 Å². The van der Waals surface area contributed by atoms with Crippen molar-refractivity contribution in [3.63, 3.8) is 0 Å². The number of hydrogen-bond acceptors (Lipinski definition) is 0. The Kier molecular flexibility index (Phi) is 4.22. The van der Waals surface area contributed by atoms with Crippen molar-refractivity contribution in [1.82, 2.24) is 0 Å². The van der Waals surface area contributed by atoms with Gasteiger partial charge in [-0.15, -0.1) is 0 Å². The predicted molar refractivity (Wildman–Crippen MR) is 78.8 cm³/mol. The summed E-state index contributed by atoms with van der Waals surface area (Å²) < 4.78 is 3.25. The van der Waals surface area contributed by atoms with E-state index < -0.39 is 0 Å². The summed E-state index contributed by atoms with van der Waals surface area (Å²) in [4.78, 5) is 0. The molecule has 3 heteroatoms. The van der Waals surface area contributed by atoms with E-state index in [9.17, 15) is 0 Å². The first-order valence-electron chi connectivity index (χ1n) is 4.85. The highest BCUT2D eigenvalue weighted by Gasteiger charge is 2.07. The maximum absolute atomic E-state index is 3.61. The highest BCUT2D eigenvalue weighted by atomic mass is 79.9. The molecule has 0 aliphatic heterocycles. The highest BCUT2D eigenvalue weighted by molar-refractivity contribution is 9.14. The zero-order valence-corrected chi connectivity index (χ0v) is 13.1. The molecule has 0 bridgehead atoms. The molecule has 0 N–H and O–H groups in total. The first kappa shape index (κ1) is 12.3. The Morgan fingerprint density at radius 3 is 2.12 bits per heavy atom. The van der Waals surface area contributed by atoms with Crippen LogP contribution in [0.5, 0.6) is 0 Å². The monoisotopic (exact) mass is 402 g/mol. The standard InChI is InChI=1S/C13H9Br3/c14-11-7-6-10(12(15)13(11)16)8-9-4-2-1-3-5-9/h1-7H,8H2. The van der Waals surface area contributed by atoms with Gasteiger partial charge in [0, 0.05) is 13.4 Å². The van der Waals surface area contributed by atoms with Gasteiger partial charge in [-0.2, -0.15) is 0 Å². The Balaban J connectivity index is 2.33. The van der Waals surface area contributed by atoms with E-state index in [4.69, 9.17) is 0 Å². The van der Waals surface area contributed by atoms with Crippen LogP contribution in [0.4, 0.5) is 0 Å². The SMILES string of the molecule is Brc1ccc(Cc2ccccc2)c(Br)c1Br. The van der Waals surface area contributed by atoms with Gasteiger partial charge in [-0.05, 0) is 71.4 Å². The maximum Gasteiger partial charge on any atom is 0.0462 e. The van der Waals surface area contributed by atoms with Gasteiger partial charge >= 0.3 is 0 Å². The first-order valence-corrected chi connectivity index (χ1v) is 7.22. The van der Waals surface area contributed by atoms with Crippen LogP contribution in [0.3, 0.4) is 0 Å². The molecule has 0 heterocycles. The molecule has 16 heavy (non-hydrogen) atoms. The number of hydrogen-bond donors (Lipinski definition) is 0. The van der Waals surface area contributed by atoms with Crippen molar-refractivity contribution >= 4 is 47.8 Å². The summed E-state index contributed by atoms with van der Waals surface area (Å²) in [6.45, 7) is 0. The zero-order valence-electron chi connectivity index (χ0n) is 8.38. The number of rotatable bonds is 2. The van der Waals surface area contributed by atoms with E-state index in [0.29, 0.717) is 0 Å². The topological polar surface area (TPSA) is 0 Å². The van der Waals surface area contributed by atoms with Crippen molar-refractivity contribution < 1.29 is 0 Å². The lowest BCUT2D eigenvalue weighted by Crippen LogP contribution is -1.90. The van der Waals surface area contributed by atoms with Gasteiger partial charge in [-0.1, -0.05) is 36.4 Å². The molecule has 0 saturated heterocycles. The van der Waals surface area contributed by atoms with E-state index >= 15 is 0 Å². The van der Waals surface area contributed by atoms with Gasteiger partial charge in [0.1, 0.15) is 0 Å². The maximum atomic E-state index is 3.61. The fraction of sp³-hybridized carbons (Fsp3) is 0.0769. The van der Waals surface area contributed by atoms with Crippen molar-refractivity contribution in [2.45, 2.75) is 6.42 Å². The number of benzene rings is 2. The lowest BCUT2D eigenvalue weighted by molar-refractivity contribution is 1.17. The van der Waals surface area contributed by atoms with Crippen molar-refractivity contribution in [3.05, 3.63) is 67.0 Å². The van der Waals surface area contributed by atoms with E-state index in [0.717, 1.165) is 19.8 Å². The van der Waals surface area contributed by atoms with Gasteiger partial charge in [-0.25, -0.2) is 0 Å². The molecule has 2 aromatic carbocycles. The predicted octanol–water partition coefficient (Wildman–Crippen LogP) is 5.56. The minimum atomic E-state index is 0.938. The fourth-order valence-corrected chi connectivity index (χ4v) is 2.99. The summed E-state index contributed by atoms with van der Waals surface area (Å²) in [7, 11) is 0. The van der Waals surface area contributed by atoms with Crippen LogP contribution in [-0.4, -0.2) is 0 Å². The Morgan fingerprint density at radius 1 is 0.750 bits per heavy atom. The minimum Gasteiger partial charge on any atom is -0.0622 e. The van der Waals surface area contributed by atoms with Gasteiger partial charge in [0.2, 0.25) is 0 Å². The van der Waals surface area contributed by atoms with E-state index in [1.807, 2.05) is 6.07 Å². The summed E-state index contributed by atoms with van der Waals surface area (Å²) >= 11 is 10.6. The number of halogens is 3. The van der Waals surface area contributed by atoms with Gasteiger partial charge in [0.05, 0.1) is 0 Å². The summed E-state index contributed by atoms with van der Waals surface area (Å²) in [5, 5.41) is 0. The van der Waals surface area contributed by atoms with Crippen LogP contribution >= 0.6 is 47.8 Å². The van der Waals surface area contributed by atoms with Crippen LogP contribution in [0.2, 0.25) is 0 Å². The minimum absolute atomic E-state index is 0.938. The second kappa shape index (κ2) is 5.48. The molecule has 0 saturated carbocycles. The van der Waals surface area contributed by atoms with Crippen molar-refractivity contribution in [2.75, 3.05) is 0 Å². The molecular formula is C13H9Br3. The Morgan fingerprint density at radius 2 is 1.44 bits per heavy atom. The largest absolute Gasteiger partial charge is 0.0622 e. The third kappa shape index (κ3) is 2.76. The molecule has 0 nitrogen and oxygen atoms in total. The Hall–Kier alpha value is -0.120.